The van der Waals surface area contributed by atoms with Crippen molar-refractivity contribution in [1.29, 1.82) is 0 Å². The number of hydrogen-bond donors (Lipinski definition) is 1. The summed E-state index contributed by atoms with van der Waals surface area (Å²) in [5.74, 6) is -0.275. The molecule has 1 atom stereocenters. The SMILES string of the molecule is CCOc1ccc(C(OC)C(=O)O)cc1. The van der Waals surface area contributed by atoms with Gasteiger partial charge in [0, 0.05) is 7.11 Å². The molecule has 0 aliphatic heterocycles. The third kappa shape index (κ3) is 2.95. The molecule has 0 spiro atoms. The fourth-order valence-electron chi connectivity index (χ4n) is 1.28. The highest BCUT2D eigenvalue weighted by atomic mass is 16.5. The van der Waals surface area contributed by atoms with Gasteiger partial charge in [0.2, 0.25) is 0 Å². The monoisotopic (exact) mass is 210 g/mol. The summed E-state index contributed by atoms with van der Waals surface area (Å²) in [5.41, 5.74) is 0.605. The van der Waals surface area contributed by atoms with Gasteiger partial charge in [-0.3, -0.25) is 0 Å². The van der Waals surface area contributed by atoms with Crippen molar-refractivity contribution in [1.82, 2.24) is 0 Å². The van der Waals surface area contributed by atoms with Gasteiger partial charge in [0.05, 0.1) is 6.61 Å². The lowest BCUT2D eigenvalue weighted by Crippen LogP contribution is -2.13. The number of hydrogen-bond acceptors (Lipinski definition) is 3. The molecule has 15 heavy (non-hydrogen) atoms. The van der Waals surface area contributed by atoms with Crippen LogP contribution in [-0.2, 0) is 9.53 Å². The molecule has 0 aliphatic rings. The van der Waals surface area contributed by atoms with Crippen LogP contribution in [0.5, 0.6) is 5.75 Å². The Kier molecular flexibility index (Phi) is 4.12. The summed E-state index contributed by atoms with van der Waals surface area (Å²) >= 11 is 0. The van der Waals surface area contributed by atoms with Gasteiger partial charge < -0.3 is 14.6 Å². The average molecular weight is 210 g/mol. The molecule has 82 valence electrons. The Morgan fingerprint density at radius 3 is 2.40 bits per heavy atom. The summed E-state index contributed by atoms with van der Waals surface area (Å²) in [4.78, 5) is 10.8. The first-order chi connectivity index (χ1) is 7.19. The fraction of sp³-hybridized carbons (Fsp3) is 0.364. The zero-order valence-electron chi connectivity index (χ0n) is 8.77. The van der Waals surface area contributed by atoms with Gasteiger partial charge >= 0.3 is 5.97 Å². The average Bonchev–Trinajstić information content (AvgIpc) is 2.21. The van der Waals surface area contributed by atoms with E-state index in [0.717, 1.165) is 5.75 Å². The molecule has 1 N–H and O–H groups in total. The molecule has 1 unspecified atom stereocenters. The summed E-state index contributed by atoms with van der Waals surface area (Å²) in [6, 6.07) is 6.84. The number of carboxylic acids is 1. The second-order valence-corrected chi connectivity index (χ2v) is 2.96. The standard InChI is InChI=1S/C11H14O4/c1-3-15-9-6-4-8(5-7-9)10(14-2)11(12)13/h4-7,10H,3H2,1-2H3,(H,12,13). The number of carbonyl (C=O) groups is 1. The number of carboxylic acid groups (broad SMARTS) is 1. The molecule has 0 aromatic heterocycles. The normalized spacial score (nSPS) is 12.1. The highest BCUT2D eigenvalue weighted by Crippen LogP contribution is 2.20. The van der Waals surface area contributed by atoms with Crippen LogP contribution in [0.15, 0.2) is 24.3 Å². The third-order valence-electron chi connectivity index (χ3n) is 1.95. The highest BCUT2D eigenvalue weighted by molar-refractivity contribution is 5.74. The topological polar surface area (TPSA) is 55.8 Å². The van der Waals surface area contributed by atoms with Crippen molar-refractivity contribution < 1.29 is 19.4 Å². The third-order valence-corrected chi connectivity index (χ3v) is 1.95. The molecule has 0 radical (unpaired) electrons. The van der Waals surface area contributed by atoms with Crippen LogP contribution >= 0.6 is 0 Å². The van der Waals surface area contributed by atoms with Gasteiger partial charge in [-0.2, -0.15) is 0 Å². The van der Waals surface area contributed by atoms with Gasteiger partial charge in [0.1, 0.15) is 5.75 Å². The van der Waals surface area contributed by atoms with E-state index in [1.165, 1.54) is 7.11 Å². The van der Waals surface area contributed by atoms with Crippen molar-refractivity contribution in [3.05, 3.63) is 29.8 Å². The number of rotatable bonds is 5. The number of ether oxygens (including phenoxy) is 2. The minimum absolute atomic E-state index is 0.589. The summed E-state index contributed by atoms with van der Waals surface area (Å²) in [7, 11) is 1.37. The van der Waals surface area contributed by atoms with E-state index >= 15 is 0 Å². The lowest BCUT2D eigenvalue weighted by atomic mass is 10.1. The first-order valence-corrected chi connectivity index (χ1v) is 4.67. The Balaban J connectivity index is 2.82. The molecular weight excluding hydrogens is 196 g/mol. The highest BCUT2D eigenvalue weighted by Gasteiger charge is 2.18. The Labute approximate surface area is 88.4 Å². The van der Waals surface area contributed by atoms with Gasteiger partial charge in [-0.25, -0.2) is 4.79 Å². The first kappa shape index (κ1) is 11.5. The van der Waals surface area contributed by atoms with Crippen molar-refractivity contribution in [2.45, 2.75) is 13.0 Å². The van der Waals surface area contributed by atoms with Crippen molar-refractivity contribution in [2.75, 3.05) is 13.7 Å². The van der Waals surface area contributed by atoms with E-state index < -0.39 is 12.1 Å². The van der Waals surface area contributed by atoms with Crippen molar-refractivity contribution >= 4 is 5.97 Å². The minimum atomic E-state index is -0.998. The quantitative estimate of drug-likeness (QED) is 0.805. The van der Waals surface area contributed by atoms with Crippen LogP contribution in [0.1, 0.15) is 18.6 Å². The van der Waals surface area contributed by atoms with Crippen LogP contribution in [0.3, 0.4) is 0 Å². The van der Waals surface area contributed by atoms with Crippen molar-refractivity contribution in [3.8, 4) is 5.75 Å². The number of aliphatic carboxylic acids is 1. The molecular formula is C11H14O4. The van der Waals surface area contributed by atoms with Crippen molar-refractivity contribution in [2.24, 2.45) is 0 Å². The van der Waals surface area contributed by atoms with E-state index in [1.807, 2.05) is 6.92 Å². The molecule has 0 saturated heterocycles. The Bertz CT molecular complexity index is 318. The second kappa shape index (κ2) is 5.36. The van der Waals surface area contributed by atoms with Gasteiger partial charge in [-0.05, 0) is 24.6 Å². The molecule has 1 rings (SSSR count). The molecule has 1 aromatic rings. The lowest BCUT2D eigenvalue weighted by Gasteiger charge is -2.11. The van der Waals surface area contributed by atoms with Crippen LogP contribution in [-0.4, -0.2) is 24.8 Å². The van der Waals surface area contributed by atoms with Crippen LogP contribution < -0.4 is 4.74 Å². The first-order valence-electron chi connectivity index (χ1n) is 4.67. The molecule has 4 heteroatoms. The van der Waals surface area contributed by atoms with E-state index in [9.17, 15) is 4.79 Å². The number of methoxy groups -OCH3 is 1. The zero-order chi connectivity index (χ0) is 11.3. The Morgan fingerprint density at radius 1 is 1.40 bits per heavy atom. The molecule has 0 fully saturated rings. The molecule has 4 nitrogen and oxygen atoms in total. The maximum Gasteiger partial charge on any atom is 0.337 e. The van der Waals surface area contributed by atoms with E-state index in [-0.39, 0.29) is 0 Å². The molecule has 0 heterocycles. The van der Waals surface area contributed by atoms with Crippen LogP contribution in [0, 0.1) is 0 Å². The summed E-state index contributed by atoms with van der Waals surface area (Å²) in [6.07, 6.45) is -0.916. The maximum absolute atomic E-state index is 10.8. The van der Waals surface area contributed by atoms with Crippen LogP contribution in [0.2, 0.25) is 0 Å². The fourth-order valence-corrected chi connectivity index (χ4v) is 1.28. The molecule has 0 saturated carbocycles. The molecule has 0 bridgehead atoms. The van der Waals surface area contributed by atoms with Gasteiger partial charge in [0.25, 0.3) is 0 Å². The summed E-state index contributed by atoms with van der Waals surface area (Å²) in [6.45, 7) is 2.48. The molecule has 1 aromatic carbocycles. The van der Waals surface area contributed by atoms with E-state index in [4.69, 9.17) is 14.6 Å². The van der Waals surface area contributed by atoms with Crippen molar-refractivity contribution in [3.63, 3.8) is 0 Å². The summed E-state index contributed by atoms with van der Waals surface area (Å²) in [5, 5.41) is 8.84. The maximum atomic E-state index is 10.8. The molecule has 0 amide bonds. The largest absolute Gasteiger partial charge is 0.494 e. The van der Waals surface area contributed by atoms with E-state index in [2.05, 4.69) is 0 Å². The Hall–Kier alpha value is -1.55. The van der Waals surface area contributed by atoms with E-state index in [1.54, 1.807) is 24.3 Å². The van der Waals surface area contributed by atoms with Gasteiger partial charge in [-0.15, -0.1) is 0 Å². The van der Waals surface area contributed by atoms with Gasteiger partial charge in [0.15, 0.2) is 6.10 Å². The lowest BCUT2D eigenvalue weighted by molar-refractivity contribution is -0.148. The second-order valence-electron chi connectivity index (χ2n) is 2.96. The van der Waals surface area contributed by atoms with Crippen LogP contribution in [0.25, 0.3) is 0 Å². The number of benzene rings is 1. The summed E-state index contributed by atoms with van der Waals surface area (Å²) < 4.78 is 10.1. The predicted octanol–water partition coefficient (Wildman–Crippen LogP) is 1.86. The Morgan fingerprint density at radius 2 is 2.00 bits per heavy atom. The van der Waals surface area contributed by atoms with Gasteiger partial charge in [-0.1, -0.05) is 12.1 Å². The van der Waals surface area contributed by atoms with E-state index in [0.29, 0.717) is 12.2 Å². The van der Waals surface area contributed by atoms with Crippen LogP contribution in [0.4, 0.5) is 0 Å². The zero-order valence-corrected chi connectivity index (χ0v) is 8.77. The smallest absolute Gasteiger partial charge is 0.337 e. The molecule has 0 aliphatic carbocycles. The predicted molar refractivity (Wildman–Crippen MR) is 55.0 cm³/mol. The minimum Gasteiger partial charge on any atom is -0.494 e.